The van der Waals surface area contributed by atoms with Gasteiger partial charge in [-0.25, -0.2) is 0 Å². The van der Waals surface area contributed by atoms with Gasteiger partial charge in [-0.15, -0.1) is 0 Å². The predicted octanol–water partition coefficient (Wildman–Crippen LogP) is 2.24. The maximum Gasteiger partial charge on any atom is 0.273 e. The van der Waals surface area contributed by atoms with E-state index in [1.165, 1.54) is 10.7 Å². The second-order valence-electron chi connectivity index (χ2n) is 3.68. The molecule has 2 aromatic rings. The molecule has 0 saturated carbocycles. The number of aryl methyl sites for hydroxylation is 1. The average molecular weight is 250 g/mol. The molecule has 1 aromatic heterocycles. The zero-order valence-corrected chi connectivity index (χ0v) is 10.3. The third-order valence-corrected chi connectivity index (χ3v) is 2.72. The van der Waals surface area contributed by atoms with Crippen LogP contribution in [0.15, 0.2) is 35.3 Å². The van der Waals surface area contributed by atoms with Crippen LogP contribution < -0.4 is 10.9 Å². The molecule has 0 atom stereocenters. The summed E-state index contributed by atoms with van der Waals surface area (Å²) in [4.78, 5) is 11.9. The first-order valence-corrected chi connectivity index (χ1v) is 5.53. The Morgan fingerprint density at radius 3 is 2.76 bits per heavy atom. The Bertz CT molecular complexity index is 607. The number of benzene rings is 1. The summed E-state index contributed by atoms with van der Waals surface area (Å²) in [6, 6.07) is 6.86. The minimum absolute atomic E-state index is 0.192. The average Bonchev–Trinajstić information content (AvgIpc) is 2.32. The van der Waals surface area contributed by atoms with Crippen molar-refractivity contribution in [2.24, 2.45) is 0 Å². The molecule has 0 spiro atoms. The first-order chi connectivity index (χ1) is 8.11. The van der Waals surface area contributed by atoms with Crippen molar-refractivity contribution in [1.82, 2.24) is 9.78 Å². The number of rotatable bonds is 2. The monoisotopic (exact) mass is 249 g/mol. The molecule has 17 heavy (non-hydrogen) atoms. The molecule has 2 rings (SSSR count). The Morgan fingerprint density at radius 2 is 2.12 bits per heavy atom. The lowest BCUT2D eigenvalue weighted by atomic mass is 10.2. The number of hydrogen-bond acceptors (Lipinski definition) is 3. The molecule has 0 bridgehead atoms. The van der Waals surface area contributed by atoms with Gasteiger partial charge in [0.25, 0.3) is 5.56 Å². The van der Waals surface area contributed by atoms with E-state index in [9.17, 15) is 4.79 Å². The molecule has 5 heteroatoms. The molecule has 1 aromatic carbocycles. The Kier molecular flexibility index (Phi) is 3.15. The van der Waals surface area contributed by atoms with Gasteiger partial charge in [0, 0.05) is 18.1 Å². The summed E-state index contributed by atoms with van der Waals surface area (Å²) in [7, 11) is 1.74. The van der Waals surface area contributed by atoms with Gasteiger partial charge in [-0.2, -0.15) is 9.78 Å². The van der Waals surface area contributed by atoms with E-state index in [1.54, 1.807) is 25.4 Å². The van der Waals surface area contributed by atoms with Crippen molar-refractivity contribution in [3.05, 3.63) is 51.4 Å². The normalized spacial score (nSPS) is 10.3. The topological polar surface area (TPSA) is 46.9 Å². The smallest absolute Gasteiger partial charge is 0.273 e. The van der Waals surface area contributed by atoms with Crippen molar-refractivity contribution in [3.8, 4) is 5.69 Å². The number of nitrogens with one attached hydrogen (secondary N) is 1. The van der Waals surface area contributed by atoms with Crippen LogP contribution >= 0.6 is 11.6 Å². The molecule has 0 radical (unpaired) electrons. The maximum absolute atomic E-state index is 11.9. The molecule has 0 aliphatic carbocycles. The van der Waals surface area contributed by atoms with Crippen LogP contribution in [0.1, 0.15) is 5.56 Å². The van der Waals surface area contributed by atoms with Crippen molar-refractivity contribution >= 4 is 17.3 Å². The van der Waals surface area contributed by atoms with E-state index in [4.69, 9.17) is 11.6 Å². The molecule has 4 nitrogen and oxygen atoms in total. The fourth-order valence-corrected chi connectivity index (χ4v) is 1.70. The summed E-state index contributed by atoms with van der Waals surface area (Å²) in [6.45, 7) is 1.91. The number of halogens is 1. The first kappa shape index (κ1) is 11.7. The third kappa shape index (κ3) is 2.31. The molecule has 88 valence electrons. The van der Waals surface area contributed by atoms with Crippen molar-refractivity contribution in [1.29, 1.82) is 0 Å². The number of aromatic nitrogens is 2. The van der Waals surface area contributed by atoms with E-state index in [2.05, 4.69) is 10.4 Å². The molecule has 0 aliphatic rings. The van der Waals surface area contributed by atoms with Crippen molar-refractivity contribution in [2.75, 3.05) is 12.4 Å². The lowest BCUT2D eigenvalue weighted by Gasteiger charge is -2.08. The highest BCUT2D eigenvalue weighted by atomic mass is 35.5. The van der Waals surface area contributed by atoms with Crippen LogP contribution in [0.4, 0.5) is 5.69 Å². The summed E-state index contributed by atoms with van der Waals surface area (Å²) in [5.41, 5.74) is 2.14. The molecule has 1 heterocycles. The lowest BCUT2D eigenvalue weighted by Crippen LogP contribution is -2.21. The Hall–Kier alpha value is -1.81. The van der Waals surface area contributed by atoms with Gasteiger partial charge in [0.1, 0.15) is 0 Å². The zero-order chi connectivity index (χ0) is 12.4. The van der Waals surface area contributed by atoms with Gasteiger partial charge in [0.15, 0.2) is 0 Å². The highest BCUT2D eigenvalue weighted by molar-refractivity contribution is 6.30. The van der Waals surface area contributed by atoms with E-state index in [0.29, 0.717) is 16.4 Å². The van der Waals surface area contributed by atoms with Crippen molar-refractivity contribution < 1.29 is 0 Å². The summed E-state index contributed by atoms with van der Waals surface area (Å²) >= 11 is 5.92. The first-order valence-electron chi connectivity index (χ1n) is 5.15. The molecule has 0 aliphatic heterocycles. The standard InChI is InChI=1S/C12H12ClN3O/c1-8-3-4-9(13)5-11(8)16-12(17)6-10(14-2)7-15-16/h3-7,14H,1-2H3. The van der Waals surface area contributed by atoms with Gasteiger partial charge in [-0.3, -0.25) is 4.79 Å². The highest BCUT2D eigenvalue weighted by Gasteiger charge is 2.06. The molecule has 0 unspecified atom stereocenters. The lowest BCUT2D eigenvalue weighted by molar-refractivity contribution is 0.802. The molecular weight excluding hydrogens is 238 g/mol. The van der Waals surface area contributed by atoms with Gasteiger partial charge in [-0.1, -0.05) is 17.7 Å². The van der Waals surface area contributed by atoms with Crippen molar-refractivity contribution in [2.45, 2.75) is 6.92 Å². The Morgan fingerprint density at radius 1 is 1.35 bits per heavy atom. The van der Waals surface area contributed by atoms with Crippen LogP contribution in [0, 0.1) is 6.92 Å². The van der Waals surface area contributed by atoms with Crippen LogP contribution in [0.25, 0.3) is 5.69 Å². The fraction of sp³-hybridized carbons (Fsp3) is 0.167. The van der Waals surface area contributed by atoms with Gasteiger partial charge in [0.2, 0.25) is 0 Å². The Balaban J connectivity index is 2.61. The van der Waals surface area contributed by atoms with E-state index in [0.717, 1.165) is 5.56 Å². The van der Waals surface area contributed by atoms with Gasteiger partial charge in [0.05, 0.1) is 17.6 Å². The van der Waals surface area contributed by atoms with Crippen molar-refractivity contribution in [3.63, 3.8) is 0 Å². The highest BCUT2D eigenvalue weighted by Crippen LogP contribution is 2.17. The largest absolute Gasteiger partial charge is 0.387 e. The zero-order valence-electron chi connectivity index (χ0n) is 9.57. The molecular formula is C12H12ClN3O. The molecule has 0 fully saturated rings. The molecule has 1 N–H and O–H groups in total. The molecule has 0 saturated heterocycles. The predicted molar refractivity (Wildman–Crippen MR) is 69.1 cm³/mol. The number of hydrogen-bond donors (Lipinski definition) is 1. The second-order valence-corrected chi connectivity index (χ2v) is 4.11. The third-order valence-electron chi connectivity index (χ3n) is 2.49. The van der Waals surface area contributed by atoms with E-state index < -0.39 is 0 Å². The second kappa shape index (κ2) is 4.59. The molecule has 0 amide bonds. The number of nitrogens with zero attached hydrogens (tertiary/aromatic N) is 2. The summed E-state index contributed by atoms with van der Waals surface area (Å²) in [6.07, 6.45) is 1.60. The van der Waals surface area contributed by atoms with Crippen LogP contribution in [0.3, 0.4) is 0 Å². The Labute approximate surface area is 104 Å². The minimum atomic E-state index is -0.192. The van der Waals surface area contributed by atoms with Gasteiger partial charge in [-0.05, 0) is 24.6 Å². The summed E-state index contributed by atoms with van der Waals surface area (Å²) in [5, 5.41) is 7.56. The quantitative estimate of drug-likeness (QED) is 0.888. The maximum atomic E-state index is 11.9. The van der Waals surface area contributed by atoms with Gasteiger partial charge < -0.3 is 5.32 Å². The van der Waals surface area contributed by atoms with Crippen LogP contribution in [0.5, 0.6) is 0 Å². The minimum Gasteiger partial charge on any atom is -0.387 e. The number of anilines is 1. The SMILES string of the molecule is CNc1cnn(-c2cc(Cl)ccc2C)c(=O)c1. The summed E-state index contributed by atoms with van der Waals surface area (Å²) in [5.74, 6) is 0. The van der Waals surface area contributed by atoms with Crippen LogP contribution in [-0.2, 0) is 0 Å². The van der Waals surface area contributed by atoms with E-state index in [-0.39, 0.29) is 5.56 Å². The fourth-order valence-electron chi connectivity index (χ4n) is 1.54. The summed E-state index contributed by atoms with van der Waals surface area (Å²) < 4.78 is 1.34. The van der Waals surface area contributed by atoms with Crippen LogP contribution in [0.2, 0.25) is 5.02 Å². The van der Waals surface area contributed by atoms with Gasteiger partial charge >= 0.3 is 0 Å². The van der Waals surface area contributed by atoms with Crippen LogP contribution in [-0.4, -0.2) is 16.8 Å². The van der Waals surface area contributed by atoms with E-state index in [1.807, 2.05) is 13.0 Å². The van der Waals surface area contributed by atoms with E-state index >= 15 is 0 Å².